The first-order valence-corrected chi connectivity index (χ1v) is 12.1. The number of nitrogens with zero attached hydrogens (tertiary/aromatic N) is 3. The van der Waals surface area contributed by atoms with Crippen LogP contribution in [0.15, 0.2) is 15.8 Å². The molecule has 2 bridgehead atoms. The number of terminal acetylenes is 1. The van der Waals surface area contributed by atoms with Crippen molar-refractivity contribution in [3.63, 3.8) is 0 Å². The molecule has 3 rings (SSSR count). The Morgan fingerprint density at radius 2 is 2.12 bits per heavy atom. The molecule has 33 heavy (non-hydrogen) atoms. The average molecular weight is 478 g/mol. The second kappa shape index (κ2) is 10.5. The van der Waals surface area contributed by atoms with E-state index in [0.29, 0.717) is 13.0 Å². The van der Waals surface area contributed by atoms with Gasteiger partial charge in [0.25, 0.3) is 14.1 Å². The zero-order valence-electron chi connectivity index (χ0n) is 19.6. The summed E-state index contributed by atoms with van der Waals surface area (Å²) in [7, 11) is -1.53. The third-order valence-corrected chi connectivity index (χ3v) is 7.94. The molecule has 1 aromatic rings. The van der Waals surface area contributed by atoms with Crippen molar-refractivity contribution in [3.8, 4) is 12.3 Å². The van der Waals surface area contributed by atoms with Crippen molar-refractivity contribution in [3.05, 3.63) is 44.0 Å². The Kier molecular flexibility index (Phi) is 8.13. The number of H-pyrrole nitrogens is 1. The molecule has 1 N–H and O–H groups in total. The molecule has 2 fully saturated rings. The Labute approximate surface area is 195 Å². The molecule has 11 heteroatoms. The normalized spacial score (nSPS) is 27.3. The summed E-state index contributed by atoms with van der Waals surface area (Å²) in [4.78, 5) is 30.1. The minimum absolute atomic E-state index is 0.0273. The molecule has 10 nitrogen and oxygen atoms in total. The first-order chi connectivity index (χ1) is 15.7. The smallest absolute Gasteiger partial charge is 0.330 e. The molecule has 0 saturated carbocycles. The van der Waals surface area contributed by atoms with Gasteiger partial charge < -0.3 is 23.4 Å². The van der Waals surface area contributed by atoms with Gasteiger partial charge in [-0.2, -0.15) is 0 Å². The summed E-state index contributed by atoms with van der Waals surface area (Å²) in [5.41, 5.74) is -2.02. The molecule has 0 aliphatic carbocycles. The van der Waals surface area contributed by atoms with Crippen LogP contribution in [-0.2, 0) is 18.5 Å². The van der Waals surface area contributed by atoms with Crippen LogP contribution < -0.4 is 11.2 Å². The topological polar surface area (TPSA) is 99.4 Å². The van der Waals surface area contributed by atoms with Crippen molar-refractivity contribution in [1.29, 1.82) is 0 Å². The number of aromatic nitrogens is 2. The lowest BCUT2D eigenvalue weighted by Gasteiger charge is -2.38. The van der Waals surface area contributed by atoms with Crippen LogP contribution in [0.1, 0.15) is 52.8 Å². The van der Waals surface area contributed by atoms with Crippen LogP contribution in [0.25, 0.3) is 4.85 Å². The molecular formula is C22H31N4O6P. The fourth-order valence-electron chi connectivity index (χ4n) is 4.27. The van der Waals surface area contributed by atoms with Crippen molar-refractivity contribution in [1.82, 2.24) is 14.2 Å². The van der Waals surface area contributed by atoms with Crippen molar-refractivity contribution >= 4 is 8.53 Å². The van der Waals surface area contributed by atoms with Gasteiger partial charge in [-0.1, -0.05) is 12.8 Å². The fourth-order valence-corrected chi connectivity index (χ4v) is 6.07. The summed E-state index contributed by atoms with van der Waals surface area (Å²) >= 11 is 0. The zero-order chi connectivity index (χ0) is 24.3. The van der Waals surface area contributed by atoms with E-state index < -0.39 is 43.8 Å². The lowest BCUT2D eigenvalue weighted by atomic mass is 9.96. The molecule has 180 valence electrons. The Hall–Kier alpha value is -2.04. The van der Waals surface area contributed by atoms with Gasteiger partial charge in [0, 0.05) is 18.3 Å². The number of aromatic amines is 1. The Morgan fingerprint density at radius 3 is 2.70 bits per heavy atom. The minimum Gasteiger partial charge on any atom is -0.368 e. The number of rotatable bonds is 10. The first-order valence-electron chi connectivity index (χ1n) is 11.0. The van der Waals surface area contributed by atoms with E-state index in [1.807, 2.05) is 6.92 Å². The number of fused-ring (bicyclic) bond motifs is 2. The first kappa shape index (κ1) is 25.6. The van der Waals surface area contributed by atoms with Crippen LogP contribution in [0.3, 0.4) is 0 Å². The Bertz CT molecular complexity index is 1030. The van der Waals surface area contributed by atoms with Gasteiger partial charge in [0.05, 0.1) is 6.61 Å². The molecule has 0 spiro atoms. The van der Waals surface area contributed by atoms with E-state index in [0.717, 1.165) is 0 Å². The maximum absolute atomic E-state index is 12.6. The van der Waals surface area contributed by atoms with Gasteiger partial charge in [-0.05, 0) is 34.1 Å². The van der Waals surface area contributed by atoms with Gasteiger partial charge in [0.2, 0.25) is 6.54 Å². The van der Waals surface area contributed by atoms with Gasteiger partial charge in [0.15, 0.2) is 6.23 Å². The van der Waals surface area contributed by atoms with E-state index in [4.69, 9.17) is 31.5 Å². The summed E-state index contributed by atoms with van der Waals surface area (Å²) in [6, 6.07) is 0.275. The Morgan fingerprint density at radius 1 is 1.42 bits per heavy atom. The van der Waals surface area contributed by atoms with Crippen LogP contribution in [0, 0.1) is 18.9 Å². The molecule has 2 saturated heterocycles. The van der Waals surface area contributed by atoms with Crippen molar-refractivity contribution in [2.24, 2.45) is 0 Å². The van der Waals surface area contributed by atoms with Gasteiger partial charge in [-0.3, -0.25) is 14.3 Å². The van der Waals surface area contributed by atoms with E-state index in [9.17, 15) is 9.59 Å². The van der Waals surface area contributed by atoms with Crippen molar-refractivity contribution < 1.29 is 18.5 Å². The SMILES string of the molecule is [C-]#[N+]CCOP(OC1[C@H]2OC[C@@]1(CC)O[C@H]2n1cc(C#C)c(=O)[nH]c1=O)N(C(C)C)C(C)C. The van der Waals surface area contributed by atoms with E-state index in [1.54, 1.807) is 0 Å². The zero-order valence-corrected chi connectivity index (χ0v) is 20.5. The number of ether oxygens (including phenoxy) is 2. The highest BCUT2D eigenvalue weighted by Gasteiger charge is 2.63. The van der Waals surface area contributed by atoms with E-state index in [-0.39, 0.29) is 30.8 Å². The summed E-state index contributed by atoms with van der Waals surface area (Å²) in [5.74, 6) is 2.29. The van der Waals surface area contributed by atoms with Crippen LogP contribution >= 0.6 is 8.53 Å². The molecule has 0 amide bonds. The standard InChI is InChI=1S/C22H31N4O6P/c1-8-16-12-25(21(28)24-19(16)27)20-17-18(22(9-2,31-20)13-29-17)32-33(30-11-10-23-7)26(14(3)4)15(5)6/h1,12,14-15,17-18,20H,9-11,13H2,2-6H3,(H,24,27,28)/t17-,18?,20-,22-,33?/m1/s1. The minimum atomic E-state index is -1.53. The van der Waals surface area contributed by atoms with E-state index in [1.165, 1.54) is 10.8 Å². The molecule has 2 aliphatic heterocycles. The van der Waals surface area contributed by atoms with Crippen LogP contribution in [0.5, 0.6) is 0 Å². The van der Waals surface area contributed by atoms with Gasteiger partial charge in [-0.15, -0.1) is 6.42 Å². The monoisotopic (exact) mass is 478 g/mol. The molecule has 0 radical (unpaired) electrons. The summed E-state index contributed by atoms with van der Waals surface area (Å²) < 4.78 is 28.4. The van der Waals surface area contributed by atoms with Crippen LogP contribution in [-0.4, -0.2) is 63.9 Å². The van der Waals surface area contributed by atoms with Gasteiger partial charge >= 0.3 is 5.69 Å². The summed E-state index contributed by atoms with van der Waals surface area (Å²) in [6.45, 7) is 18.1. The third kappa shape index (κ3) is 4.93. The molecule has 2 unspecified atom stereocenters. The highest BCUT2D eigenvalue weighted by molar-refractivity contribution is 7.44. The average Bonchev–Trinajstić information content (AvgIpc) is 3.25. The second-order valence-electron chi connectivity index (χ2n) is 8.60. The van der Waals surface area contributed by atoms with Crippen molar-refractivity contribution in [2.75, 3.05) is 19.8 Å². The molecule has 1 aromatic heterocycles. The van der Waals surface area contributed by atoms with Crippen LogP contribution in [0.2, 0.25) is 0 Å². The van der Waals surface area contributed by atoms with E-state index >= 15 is 0 Å². The lowest BCUT2D eigenvalue weighted by Crippen LogP contribution is -2.43. The maximum Gasteiger partial charge on any atom is 0.330 e. The summed E-state index contributed by atoms with van der Waals surface area (Å²) in [6.07, 6.45) is 5.39. The summed E-state index contributed by atoms with van der Waals surface area (Å²) in [5, 5.41) is 0. The predicted molar refractivity (Wildman–Crippen MR) is 123 cm³/mol. The molecule has 0 aromatic carbocycles. The Balaban J connectivity index is 1.95. The third-order valence-electron chi connectivity index (χ3n) is 5.82. The quantitative estimate of drug-likeness (QED) is 0.238. The van der Waals surface area contributed by atoms with Crippen molar-refractivity contribution in [2.45, 2.75) is 77.2 Å². The van der Waals surface area contributed by atoms with E-state index in [2.05, 4.69) is 48.1 Å². The molecule has 2 aliphatic rings. The number of hydrogen-bond acceptors (Lipinski definition) is 7. The molecule has 3 heterocycles. The molecule has 5 atom stereocenters. The molecular weight excluding hydrogens is 447 g/mol. The second-order valence-corrected chi connectivity index (χ2v) is 10.0. The predicted octanol–water partition coefficient (Wildman–Crippen LogP) is 2.26. The largest absolute Gasteiger partial charge is 0.368 e. The fraction of sp³-hybridized carbons (Fsp3) is 0.682. The van der Waals surface area contributed by atoms with Crippen LogP contribution in [0.4, 0.5) is 0 Å². The highest BCUT2D eigenvalue weighted by Crippen LogP contribution is 2.55. The van der Waals surface area contributed by atoms with Gasteiger partial charge in [0.1, 0.15) is 30.0 Å². The van der Waals surface area contributed by atoms with Gasteiger partial charge in [-0.25, -0.2) is 16.0 Å². The lowest BCUT2D eigenvalue weighted by molar-refractivity contribution is -0.175. The maximum atomic E-state index is 12.6. The number of nitrogens with one attached hydrogen (secondary N) is 1. The highest BCUT2D eigenvalue weighted by atomic mass is 31.2. The number of hydrogen-bond donors (Lipinski definition) is 1.